The molecule has 0 radical (unpaired) electrons. The first kappa shape index (κ1) is 17.0. The lowest BCUT2D eigenvalue weighted by Gasteiger charge is -2.19. The van der Waals surface area contributed by atoms with Crippen molar-refractivity contribution >= 4 is 28.5 Å². The summed E-state index contributed by atoms with van der Waals surface area (Å²) in [5.41, 5.74) is 2.71. The molecule has 26 heavy (non-hydrogen) atoms. The van der Waals surface area contributed by atoms with Crippen molar-refractivity contribution in [3.8, 4) is 5.75 Å². The predicted molar refractivity (Wildman–Crippen MR) is 102 cm³/mol. The molecule has 1 aliphatic carbocycles. The van der Waals surface area contributed by atoms with Crippen LogP contribution in [0.4, 0.5) is 0 Å². The number of nitrogens with one attached hydrogen (secondary N) is 1. The molecule has 4 rings (SSSR count). The molecule has 1 unspecified atom stereocenters. The molecule has 1 aromatic heterocycles. The Kier molecular flexibility index (Phi) is 4.60. The van der Waals surface area contributed by atoms with E-state index in [2.05, 4.69) is 5.32 Å². The molecule has 2 aromatic carbocycles. The van der Waals surface area contributed by atoms with Crippen molar-refractivity contribution < 1.29 is 13.9 Å². The van der Waals surface area contributed by atoms with Crippen LogP contribution in [0.1, 0.15) is 30.0 Å². The number of hydrogen-bond acceptors (Lipinski definition) is 3. The second-order valence-corrected chi connectivity index (χ2v) is 7.17. The number of carbonyl (C=O) groups excluding carboxylic acids is 1. The van der Waals surface area contributed by atoms with Gasteiger partial charge in [0.05, 0.1) is 25.8 Å². The van der Waals surface area contributed by atoms with Crippen LogP contribution in [-0.4, -0.2) is 13.0 Å². The average molecular weight is 370 g/mol. The van der Waals surface area contributed by atoms with Crippen molar-refractivity contribution in [3.05, 3.63) is 64.9 Å². The number of fused-ring (bicyclic) bond motifs is 1. The van der Waals surface area contributed by atoms with Crippen LogP contribution in [-0.2, 0) is 11.2 Å². The van der Waals surface area contributed by atoms with E-state index in [0.29, 0.717) is 10.9 Å². The van der Waals surface area contributed by atoms with Gasteiger partial charge in [0.15, 0.2) is 0 Å². The van der Waals surface area contributed by atoms with Crippen LogP contribution in [0, 0.1) is 5.92 Å². The maximum atomic E-state index is 12.7. The third-order valence-corrected chi connectivity index (χ3v) is 5.10. The standard InChI is InChI=1S/C21H20ClNO3/c1-25-17-8-9-18-15(12-26-19(18)11-17)10-20(24)23-21(13-2-3-13)14-4-6-16(22)7-5-14/h4-9,11-13,21H,2-3,10H2,1H3,(H,23,24). The first-order valence-corrected chi connectivity index (χ1v) is 9.11. The number of methoxy groups -OCH3 is 1. The fraction of sp³-hybridized carbons (Fsp3) is 0.286. The summed E-state index contributed by atoms with van der Waals surface area (Å²) in [6.07, 6.45) is 4.22. The first-order chi connectivity index (χ1) is 12.6. The molecule has 0 bridgehead atoms. The smallest absolute Gasteiger partial charge is 0.225 e. The number of rotatable bonds is 6. The Bertz CT molecular complexity index is 928. The molecule has 1 aliphatic rings. The maximum absolute atomic E-state index is 12.7. The predicted octanol–water partition coefficient (Wildman–Crippen LogP) is 4.90. The highest BCUT2D eigenvalue weighted by Crippen LogP contribution is 2.41. The number of amides is 1. The summed E-state index contributed by atoms with van der Waals surface area (Å²) in [5.74, 6) is 1.24. The Labute approximate surface area is 157 Å². The van der Waals surface area contributed by atoms with Gasteiger partial charge in [0.1, 0.15) is 11.3 Å². The zero-order valence-corrected chi connectivity index (χ0v) is 15.3. The van der Waals surface area contributed by atoms with Crippen molar-refractivity contribution in [3.63, 3.8) is 0 Å². The van der Waals surface area contributed by atoms with Crippen LogP contribution in [0.15, 0.2) is 53.1 Å². The quantitative estimate of drug-likeness (QED) is 0.672. The zero-order chi connectivity index (χ0) is 18.1. The van der Waals surface area contributed by atoms with Gasteiger partial charge >= 0.3 is 0 Å². The van der Waals surface area contributed by atoms with E-state index in [4.69, 9.17) is 20.8 Å². The minimum Gasteiger partial charge on any atom is -0.497 e. The van der Waals surface area contributed by atoms with Gasteiger partial charge in [-0.25, -0.2) is 0 Å². The molecule has 4 nitrogen and oxygen atoms in total. The number of carbonyl (C=O) groups is 1. The van der Waals surface area contributed by atoms with Crippen LogP contribution < -0.4 is 10.1 Å². The highest BCUT2D eigenvalue weighted by Gasteiger charge is 2.33. The third-order valence-electron chi connectivity index (χ3n) is 4.85. The Balaban J connectivity index is 1.50. The normalized spacial score (nSPS) is 15.0. The summed E-state index contributed by atoms with van der Waals surface area (Å²) in [6, 6.07) is 13.4. The Morgan fingerprint density at radius 3 is 2.73 bits per heavy atom. The fourth-order valence-electron chi connectivity index (χ4n) is 3.30. The highest BCUT2D eigenvalue weighted by molar-refractivity contribution is 6.30. The van der Waals surface area contributed by atoms with E-state index in [1.807, 2.05) is 42.5 Å². The number of ether oxygens (including phenoxy) is 1. The lowest BCUT2D eigenvalue weighted by molar-refractivity contribution is -0.121. The summed E-state index contributed by atoms with van der Waals surface area (Å²) in [6.45, 7) is 0. The molecule has 134 valence electrons. The zero-order valence-electron chi connectivity index (χ0n) is 14.5. The molecule has 0 aliphatic heterocycles. The van der Waals surface area contributed by atoms with Crippen molar-refractivity contribution in [2.24, 2.45) is 5.92 Å². The maximum Gasteiger partial charge on any atom is 0.225 e. The summed E-state index contributed by atoms with van der Waals surface area (Å²) in [7, 11) is 1.62. The van der Waals surface area contributed by atoms with Crippen molar-refractivity contribution in [2.75, 3.05) is 7.11 Å². The summed E-state index contributed by atoms with van der Waals surface area (Å²) < 4.78 is 10.8. The topological polar surface area (TPSA) is 51.5 Å². The van der Waals surface area contributed by atoms with Gasteiger partial charge in [0.2, 0.25) is 5.91 Å². The summed E-state index contributed by atoms with van der Waals surface area (Å²) in [5, 5.41) is 4.84. The molecule has 1 N–H and O–H groups in total. The van der Waals surface area contributed by atoms with Gasteiger partial charge in [-0.05, 0) is 48.6 Å². The van der Waals surface area contributed by atoms with Gasteiger partial charge in [-0.2, -0.15) is 0 Å². The molecule has 1 heterocycles. The molecule has 0 saturated heterocycles. The minimum absolute atomic E-state index is 0.00429. The molecule has 1 amide bonds. The number of hydrogen-bond donors (Lipinski definition) is 1. The first-order valence-electron chi connectivity index (χ1n) is 8.73. The van der Waals surface area contributed by atoms with Crippen molar-refractivity contribution in [2.45, 2.75) is 25.3 Å². The van der Waals surface area contributed by atoms with Gasteiger partial charge < -0.3 is 14.5 Å². The molecule has 0 spiro atoms. The highest BCUT2D eigenvalue weighted by atomic mass is 35.5. The molecule has 1 atom stereocenters. The van der Waals surface area contributed by atoms with E-state index >= 15 is 0 Å². The van der Waals surface area contributed by atoms with Crippen LogP contribution in [0.25, 0.3) is 11.0 Å². The monoisotopic (exact) mass is 369 g/mol. The summed E-state index contributed by atoms with van der Waals surface area (Å²) >= 11 is 5.98. The molecular weight excluding hydrogens is 350 g/mol. The van der Waals surface area contributed by atoms with E-state index < -0.39 is 0 Å². The van der Waals surface area contributed by atoms with E-state index in [9.17, 15) is 4.79 Å². The molecule has 5 heteroatoms. The minimum atomic E-state index is -0.00429. The van der Waals surface area contributed by atoms with Crippen LogP contribution in [0.3, 0.4) is 0 Å². The Morgan fingerprint density at radius 1 is 1.27 bits per heavy atom. The second kappa shape index (κ2) is 7.04. The van der Waals surface area contributed by atoms with Gasteiger partial charge in [-0.15, -0.1) is 0 Å². The Hall–Kier alpha value is -2.46. The third kappa shape index (κ3) is 3.56. The number of benzene rings is 2. The van der Waals surface area contributed by atoms with Gasteiger partial charge in [-0.3, -0.25) is 4.79 Å². The SMILES string of the molecule is COc1ccc2c(CC(=O)NC(c3ccc(Cl)cc3)C3CC3)coc2c1. The largest absolute Gasteiger partial charge is 0.497 e. The number of halogens is 1. The second-order valence-electron chi connectivity index (χ2n) is 6.73. The van der Waals surface area contributed by atoms with Crippen molar-refractivity contribution in [1.82, 2.24) is 5.32 Å². The van der Waals surface area contributed by atoms with Gasteiger partial charge in [0, 0.05) is 22.0 Å². The fourth-order valence-corrected chi connectivity index (χ4v) is 3.42. The molecule has 1 fully saturated rings. The van der Waals surface area contributed by atoms with E-state index in [1.165, 1.54) is 0 Å². The Morgan fingerprint density at radius 2 is 2.04 bits per heavy atom. The van der Waals surface area contributed by atoms with E-state index in [-0.39, 0.29) is 18.4 Å². The van der Waals surface area contributed by atoms with Crippen molar-refractivity contribution in [1.29, 1.82) is 0 Å². The van der Waals surface area contributed by atoms with Crippen LogP contribution in [0.5, 0.6) is 5.75 Å². The average Bonchev–Trinajstić information content (AvgIpc) is 3.42. The number of furan rings is 1. The van der Waals surface area contributed by atoms with Crippen LogP contribution >= 0.6 is 11.6 Å². The van der Waals surface area contributed by atoms with E-state index in [1.54, 1.807) is 13.4 Å². The van der Waals surface area contributed by atoms with E-state index in [0.717, 1.165) is 40.7 Å². The van der Waals surface area contributed by atoms with Crippen LogP contribution in [0.2, 0.25) is 5.02 Å². The lowest BCUT2D eigenvalue weighted by Crippen LogP contribution is -2.31. The molecular formula is C21H20ClNO3. The lowest BCUT2D eigenvalue weighted by atomic mass is 10.0. The van der Waals surface area contributed by atoms with Gasteiger partial charge in [0.25, 0.3) is 0 Å². The van der Waals surface area contributed by atoms with Gasteiger partial charge in [-0.1, -0.05) is 23.7 Å². The molecule has 1 saturated carbocycles. The summed E-state index contributed by atoms with van der Waals surface area (Å²) in [4.78, 5) is 12.7. The molecule has 3 aromatic rings.